The Bertz CT molecular complexity index is 218. The van der Waals surface area contributed by atoms with Gasteiger partial charge in [0.05, 0.1) is 25.9 Å². The minimum atomic E-state index is -2.94. The summed E-state index contributed by atoms with van der Waals surface area (Å²) in [7, 11) is -2.94. The Morgan fingerprint density at radius 3 is 2.36 bits per heavy atom. The van der Waals surface area contributed by atoms with Crippen molar-refractivity contribution in [3.8, 4) is 0 Å². The Kier molecular flexibility index (Phi) is 7.67. The molecule has 0 saturated carbocycles. The van der Waals surface area contributed by atoms with Gasteiger partial charge in [-0.05, 0) is 13.8 Å². The summed E-state index contributed by atoms with van der Waals surface area (Å²) in [6.07, 6.45) is 3.46. The van der Waals surface area contributed by atoms with Gasteiger partial charge in [0.2, 0.25) is 0 Å². The molecule has 0 aromatic rings. The van der Waals surface area contributed by atoms with E-state index in [1.165, 1.54) is 0 Å². The van der Waals surface area contributed by atoms with Crippen molar-refractivity contribution in [3.05, 3.63) is 12.7 Å². The average Bonchev–Trinajstić information content (AvgIpc) is 2.13. The van der Waals surface area contributed by atoms with Crippen molar-refractivity contribution in [1.29, 1.82) is 0 Å². The summed E-state index contributed by atoms with van der Waals surface area (Å²) >= 11 is 0. The van der Waals surface area contributed by atoms with Gasteiger partial charge >= 0.3 is 7.60 Å². The highest BCUT2D eigenvalue weighted by atomic mass is 31.2. The van der Waals surface area contributed by atoms with Gasteiger partial charge in [0.15, 0.2) is 0 Å². The fourth-order valence-corrected chi connectivity index (χ4v) is 2.23. The molecule has 4 nitrogen and oxygen atoms in total. The smallest absolute Gasteiger partial charge is 0.309 e. The molecule has 0 aliphatic rings. The molecule has 0 aliphatic heterocycles. The van der Waals surface area contributed by atoms with Gasteiger partial charge in [-0.15, -0.1) is 6.58 Å². The van der Waals surface area contributed by atoms with E-state index in [1.54, 1.807) is 26.1 Å². The second-order valence-electron chi connectivity index (χ2n) is 2.47. The van der Waals surface area contributed by atoms with Crippen molar-refractivity contribution in [2.75, 3.05) is 25.9 Å². The van der Waals surface area contributed by atoms with E-state index in [9.17, 15) is 4.57 Å². The highest BCUT2D eigenvalue weighted by Gasteiger charge is 2.21. The molecule has 0 fully saturated rings. The van der Waals surface area contributed by atoms with E-state index in [0.29, 0.717) is 19.8 Å². The van der Waals surface area contributed by atoms with E-state index in [4.69, 9.17) is 9.05 Å². The van der Waals surface area contributed by atoms with Gasteiger partial charge < -0.3 is 9.05 Å². The number of nitrogens with zero attached hydrogens (tertiary/aromatic N) is 1. The lowest BCUT2D eigenvalue weighted by atomic mass is 10.6. The van der Waals surface area contributed by atoms with Crippen LogP contribution < -0.4 is 0 Å². The van der Waals surface area contributed by atoms with Gasteiger partial charge in [0.25, 0.3) is 0 Å². The Morgan fingerprint density at radius 2 is 1.93 bits per heavy atom. The maximum absolute atomic E-state index is 11.8. The largest absolute Gasteiger partial charge is 0.335 e. The quantitative estimate of drug-likeness (QED) is 0.358. The molecule has 0 radical (unpaired) electrons. The van der Waals surface area contributed by atoms with Crippen LogP contribution in [0.2, 0.25) is 0 Å². The zero-order chi connectivity index (χ0) is 10.9. The molecule has 82 valence electrons. The van der Waals surface area contributed by atoms with Crippen LogP contribution in [0.25, 0.3) is 0 Å². The minimum Gasteiger partial charge on any atom is -0.309 e. The molecule has 0 unspecified atom stereocenters. The van der Waals surface area contributed by atoms with Crippen molar-refractivity contribution in [1.82, 2.24) is 0 Å². The topological polar surface area (TPSA) is 47.9 Å². The maximum Gasteiger partial charge on any atom is 0.335 e. The van der Waals surface area contributed by atoms with Gasteiger partial charge in [-0.25, -0.2) is 0 Å². The fourth-order valence-electron chi connectivity index (χ4n) is 0.843. The van der Waals surface area contributed by atoms with Gasteiger partial charge in [-0.1, -0.05) is 6.08 Å². The standard InChI is InChI=1S/C9H18NO3P/c1-4-7-10-8-9-14(11,12-5-2)13-6-3/h4,8H,1,5-7,9H2,2-3H3. The van der Waals surface area contributed by atoms with Crippen LogP contribution in [-0.2, 0) is 13.6 Å². The molecule has 0 aromatic heterocycles. The van der Waals surface area contributed by atoms with Crippen molar-refractivity contribution in [3.63, 3.8) is 0 Å². The van der Waals surface area contributed by atoms with Crippen LogP contribution in [0, 0.1) is 0 Å². The minimum absolute atomic E-state index is 0.225. The first-order valence-electron chi connectivity index (χ1n) is 4.65. The molecular formula is C9H18NO3P. The molecule has 0 heterocycles. The summed E-state index contributed by atoms with van der Waals surface area (Å²) < 4.78 is 21.9. The van der Waals surface area contributed by atoms with E-state index >= 15 is 0 Å². The Morgan fingerprint density at radius 1 is 1.36 bits per heavy atom. The average molecular weight is 219 g/mol. The third-order valence-corrected chi connectivity index (χ3v) is 3.23. The molecule has 5 heteroatoms. The summed E-state index contributed by atoms with van der Waals surface area (Å²) in [5.41, 5.74) is 0. The molecule has 0 spiro atoms. The first-order chi connectivity index (χ1) is 6.68. The summed E-state index contributed by atoms with van der Waals surface area (Å²) in [5.74, 6) is 0. The zero-order valence-corrected chi connectivity index (χ0v) is 9.70. The van der Waals surface area contributed by atoms with Crippen molar-refractivity contribution in [2.24, 2.45) is 4.99 Å². The van der Waals surface area contributed by atoms with Crippen LogP contribution >= 0.6 is 7.60 Å². The fraction of sp³-hybridized carbons (Fsp3) is 0.667. The maximum atomic E-state index is 11.8. The van der Waals surface area contributed by atoms with E-state index in [2.05, 4.69) is 11.6 Å². The summed E-state index contributed by atoms with van der Waals surface area (Å²) in [4.78, 5) is 3.96. The van der Waals surface area contributed by atoms with Gasteiger partial charge in [0.1, 0.15) is 0 Å². The van der Waals surface area contributed by atoms with Gasteiger partial charge in [-0.3, -0.25) is 9.56 Å². The third kappa shape index (κ3) is 6.08. The predicted molar refractivity (Wildman–Crippen MR) is 59.3 cm³/mol. The molecule has 0 rings (SSSR count). The summed E-state index contributed by atoms with van der Waals surface area (Å²) in [5, 5.41) is 0. The molecule has 0 amide bonds. The molecule has 0 N–H and O–H groups in total. The van der Waals surface area contributed by atoms with Gasteiger partial charge in [-0.2, -0.15) is 0 Å². The third-order valence-electron chi connectivity index (χ3n) is 1.32. The van der Waals surface area contributed by atoms with Crippen molar-refractivity contribution in [2.45, 2.75) is 13.8 Å². The molecular weight excluding hydrogens is 201 g/mol. The van der Waals surface area contributed by atoms with Crippen LogP contribution in [-0.4, -0.2) is 32.1 Å². The monoisotopic (exact) mass is 219 g/mol. The summed E-state index contributed by atoms with van der Waals surface area (Å²) in [6, 6.07) is 0. The normalized spacial score (nSPS) is 12.1. The second-order valence-corrected chi connectivity index (χ2v) is 4.57. The molecule has 0 saturated heterocycles. The Hall–Kier alpha value is -0.440. The number of rotatable bonds is 8. The van der Waals surface area contributed by atoms with E-state index < -0.39 is 7.60 Å². The predicted octanol–water partition coefficient (Wildman–Crippen LogP) is 2.51. The lowest BCUT2D eigenvalue weighted by Crippen LogP contribution is -2.01. The van der Waals surface area contributed by atoms with Crippen molar-refractivity contribution < 1.29 is 13.6 Å². The van der Waals surface area contributed by atoms with E-state index in [-0.39, 0.29) is 6.16 Å². The number of hydrogen-bond donors (Lipinski definition) is 0. The number of aliphatic imine (C=N–C) groups is 1. The molecule has 0 bridgehead atoms. The van der Waals surface area contributed by atoms with Crippen LogP contribution in [0.1, 0.15) is 13.8 Å². The SMILES string of the molecule is C=CCN=CCP(=O)(OCC)OCC. The lowest BCUT2D eigenvalue weighted by molar-refractivity contribution is 0.223. The number of hydrogen-bond acceptors (Lipinski definition) is 4. The lowest BCUT2D eigenvalue weighted by Gasteiger charge is -2.14. The van der Waals surface area contributed by atoms with E-state index in [1.807, 2.05) is 0 Å². The summed E-state index contributed by atoms with van der Waals surface area (Å²) in [6.45, 7) is 8.38. The first kappa shape index (κ1) is 13.6. The first-order valence-corrected chi connectivity index (χ1v) is 6.38. The molecule has 14 heavy (non-hydrogen) atoms. The molecule has 0 aliphatic carbocycles. The van der Waals surface area contributed by atoms with Crippen LogP contribution in [0.15, 0.2) is 17.6 Å². The second kappa shape index (κ2) is 7.92. The highest BCUT2D eigenvalue weighted by molar-refractivity contribution is 7.54. The van der Waals surface area contributed by atoms with E-state index in [0.717, 1.165) is 0 Å². The highest BCUT2D eigenvalue weighted by Crippen LogP contribution is 2.46. The van der Waals surface area contributed by atoms with Crippen molar-refractivity contribution >= 4 is 13.8 Å². The van der Waals surface area contributed by atoms with Crippen LogP contribution in [0.3, 0.4) is 0 Å². The Labute approximate surface area is 85.6 Å². The Balaban J connectivity index is 4.07. The van der Waals surface area contributed by atoms with Gasteiger partial charge in [0, 0.05) is 6.21 Å². The zero-order valence-electron chi connectivity index (χ0n) is 8.81. The van der Waals surface area contributed by atoms with Crippen LogP contribution in [0.4, 0.5) is 0 Å². The molecule has 0 aromatic carbocycles. The molecule has 0 atom stereocenters. The van der Waals surface area contributed by atoms with Crippen LogP contribution in [0.5, 0.6) is 0 Å².